The number of nitrogens with two attached hydrogens (primary N) is 2. The average molecular weight is 198 g/mol. The molecule has 4 N–H and O–H groups in total. The number of nitrogens with zero attached hydrogens (tertiary/aromatic N) is 3. The highest BCUT2D eigenvalue weighted by Gasteiger charge is 2.09. The first-order valence-electron chi connectivity index (χ1n) is 3.30. The molecule has 1 aromatic heterocycles. The van der Waals surface area contributed by atoms with E-state index in [1.54, 1.807) is 0 Å². The maximum Gasteiger partial charge on any atom is 0.172 e. The molecule has 0 spiro atoms. The van der Waals surface area contributed by atoms with E-state index in [0.29, 0.717) is 11.4 Å². The van der Waals surface area contributed by atoms with Crippen LogP contribution in [0.4, 0.5) is 11.6 Å². The van der Waals surface area contributed by atoms with Crippen molar-refractivity contribution < 1.29 is 0 Å². The summed E-state index contributed by atoms with van der Waals surface area (Å²) in [7, 11) is 0. The topological polar surface area (TPSA) is 90.2 Å². The quantitative estimate of drug-likeness (QED) is 0.692. The van der Waals surface area contributed by atoms with E-state index in [9.17, 15) is 0 Å². The van der Waals surface area contributed by atoms with Gasteiger partial charge in [-0.05, 0) is 6.72 Å². The van der Waals surface area contributed by atoms with Gasteiger partial charge in [0.15, 0.2) is 16.8 Å². The summed E-state index contributed by atoms with van der Waals surface area (Å²) in [6.07, 6.45) is 0. The molecule has 0 atom stereocenters. The lowest BCUT2D eigenvalue weighted by Gasteiger charge is -2.04. The second kappa shape index (κ2) is 3.40. The molecule has 1 rings (SSSR count). The predicted molar refractivity (Wildman–Crippen MR) is 54.4 cm³/mol. The van der Waals surface area contributed by atoms with Crippen molar-refractivity contribution in [1.29, 1.82) is 0 Å². The van der Waals surface area contributed by atoms with E-state index >= 15 is 0 Å². The molecule has 0 bridgehead atoms. The predicted octanol–water partition coefficient (Wildman–Crippen LogP) is 0.966. The fraction of sp³-hybridized carbons (Fsp3) is 0. The molecule has 13 heavy (non-hydrogen) atoms. The Morgan fingerprint density at radius 1 is 1.31 bits per heavy atom. The summed E-state index contributed by atoms with van der Waals surface area (Å²) in [6, 6.07) is 0. The number of rotatable bonds is 2. The molecule has 0 amide bonds. The van der Waals surface area contributed by atoms with Crippen molar-refractivity contribution in [3.8, 4) is 0 Å². The van der Waals surface area contributed by atoms with Gasteiger partial charge in [0.05, 0.1) is 5.70 Å². The van der Waals surface area contributed by atoms with Crippen LogP contribution in [0, 0.1) is 0 Å². The molecular weight excluding hydrogens is 190 g/mol. The van der Waals surface area contributed by atoms with Crippen molar-refractivity contribution in [2.45, 2.75) is 0 Å². The number of hydrogen-bond donors (Lipinski definition) is 2. The van der Waals surface area contributed by atoms with Gasteiger partial charge < -0.3 is 11.5 Å². The average Bonchev–Trinajstić information content (AvgIpc) is 2.10. The maximum atomic E-state index is 5.63. The lowest BCUT2D eigenvalue weighted by Crippen LogP contribution is -2.04. The minimum absolute atomic E-state index is 0.0778. The van der Waals surface area contributed by atoms with Gasteiger partial charge in [-0.3, -0.25) is 4.99 Å². The molecule has 0 saturated carbocycles. The first-order valence-corrected chi connectivity index (χ1v) is 3.68. The molecular formula is C7H8ClN5. The first-order chi connectivity index (χ1) is 6.06. The number of aromatic nitrogens is 2. The third kappa shape index (κ3) is 1.75. The summed E-state index contributed by atoms with van der Waals surface area (Å²) >= 11 is 5.63. The van der Waals surface area contributed by atoms with Gasteiger partial charge in [-0.25, -0.2) is 9.97 Å². The second-order valence-electron chi connectivity index (χ2n) is 2.24. The van der Waals surface area contributed by atoms with Crippen LogP contribution in [0.1, 0.15) is 5.69 Å². The van der Waals surface area contributed by atoms with E-state index in [0.717, 1.165) is 0 Å². The standard InChI is InChI=1S/C7H8ClN5/c1-3(11-2)4-6(9)13-7(10)5(8)12-4/h1-2H2,(H4,9,10,13). The Labute approximate surface area is 80.2 Å². The van der Waals surface area contributed by atoms with Gasteiger partial charge in [-0.1, -0.05) is 18.2 Å². The molecule has 5 nitrogen and oxygen atoms in total. The van der Waals surface area contributed by atoms with Gasteiger partial charge >= 0.3 is 0 Å². The van der Waals surface area contributed by atoms with Crippen molar-refractivity contribution in [1.82, 2.24) is 9.97 Å². The molecule has 0 aliphatic rings. The molecule has 6 heteroatoms. The van der Waals surface area contributed by atoms with Gasteiger partial charge in [0.1, 0.15) is 5.69 Å². The summed E-state index contributed by atoms with van der Waals surface area (Å²) in [5, 5.41) is 0.0778. The summed E-state index contributed by atoms with van der Waals surface area (Å²) in [5.41, 5.74) is 11.5. The minimum atomic E-state index is 0.0778. The fourth-order valence-electron chi connectivity index (χ4n) is 0.729. The molecule has 0 fully saturated rings. The third-order valence-corrected chi connectivity index (χ3v) is 1.65. The molecule has 0 aliphatic carbocycles. The molecule has 68 valence electrons. The van der Waals surface area contributed by atoms with Gasteiger partial charge in [-0.2, -0.15) is 0 Å². The van der Waals surface area contributed by atoms with Crippen molar-refractivity contribution in [3.05, 3.63) is 17.4 Å². The number of anilines is 2. The molecule has 0 radical (unpaired) electrons. The molecule has 0 aliphatic heterocycles. The minimum Gasteiger partial charge on any atom is -0.382 e. The normalized spacial score (nSPS) is 9.62. The van der Waals surface area contributed by atoms with Crippen LogP contribution in [0.2, 0.25) is 5.15 Å². The Morgan fingerprint density at radius 3 is 2.46 bits per heavy atom. The van der Waals surface area contributed by atoms with E-state index in [1.807, 2.05) is 0 Å². The highest BCUT2D eigenvalue weighted by atomic mass is 35.5. The lowest BCUT2D eigenvalue weighted by atomic mass is 10.3. The lowest BCUT2D eigenvalue weighted by molar-refractivity contribution is 1.18. The zero-order chi connectivity index (χ0) is 10.0. The Balaban J connectivity index is 3.31. The number of nitrogen functional groups attached to an aromatic ring is 2. The van der Waals surface area contributed by atoms with Crippen LogP contribution in [0.3, 0.4) is 0 Å². The molecule has 0 unspecified atom stereocenters. The zero-order valence-electron chi connectivity index (χ0n) is 6.79. The molecule has 1 heterocycles. The van der Waals surface area contributed by atoms with Gasteiger partial charge in [0.2, 0.25) is 0 Å². The number of halogens is 1. The van der Waals surface area contributed by atoms with Crippen LogP contribution >= 0.6 is 11.6 Å². The third-order valence-electron chi connectivity index (χ3n) is 1.37. The first kappa shape index (κ1) is 9.47. The van der Waals surface area contributed by atoms with Crippen LogP contribution in [0.25, 0.3) is 5.70 Å². The highest BCUT2D eigenvalue weighted by Crippen LogP contribution is 2.22. The van der Waals surface area contributed by atoms with Gasteiger partial charge in [0.25, 0.3) is 0 Å². The highest BCUT2D eigenvalue weighted by molar-refractivity contribution is 6.31. The van der Waals surface area contributed by atoms with Gasteiger partial charge in [0, 0.05) is 0 Å². The summed E-state index contributed by atoms with van der Waals surface area (Å²) in [5.74, 6) is 0.221. The molecule has 1 aromatic rings. The van der Waals surface area contributed by atoms with E-state index in [-0.39, 0.29) is 16.8 Å². The van der Waals surface area contributed by atoms with Crippen LogP contribution in [0.5, 0.6) is 0 Å². The van der Waals surface area contributed by atoms with Crippen molar-refractivity contribution in [2.75, 3.05) is 11.5 Å². The monoisotopic (exact) mass is 197 g/mol. The Morgan fingerprint density at radius 2 is 1.92 bits per heavy atom. The van der Waals surface area contributed by atoms with Crippen LogP contribution in [0.15, 0.2) is 11.6 Å². The zero-order valence-corrected chi connectivity index (χ0v) is 7.54. The Hall–Kier alpha value is -1.62. The Bertz CT molecular complexity index is 373. The van der Waals surface area contributed by atoms with E-state index in [2.05, 4.69) is 28.3 Å². The fourth-order valence-corrected chi connectivity index (χ4v) is 0.856. The van der Waals surface area contributed by atoms with Crippen LogP contribution in [-0.4, -0.2) is 16.7 Å². The van der Waals surface area contributed by atoms with Crippen molar-refractivity contribution in [3.63, 3.8) is 0 Å². The Kier molecular flexibility index (Phi) is 2.48. The summed E-state index contributed by atoms with van der Waals surface area (Å²) in [4.78, 5) is 11.2. The second-order valence-corrected chi connectivity index (χ2v) is 2.60. The van der Waals surface area contributed by atoms with E-state index in [4.69, 9.17) is 23.1 Å². The summed E-state index contributed by atoms with van der Waals surface area (Å²) < 4.78 is 0. The molecule has 0 saturated heterocycles. The smallest absolute Gasteiger partial charge is 0.172 e. The van der Waals surface area contributed by atoms with Gasteiger partial charge in [-0.15, -0.1) is 0 Å². The largest absolute Gasteiger partial charge is 0.382 e. The number of hydrogen-bond acceptors (Lipinski definition) is 5. The summed E-state index contributed by atoms with van der Waals surface area (Å²) in [6.45, 7) is 6.85. The number of aliphatic imine (C=N–C) groups is 1. The molecule has 0 aromatic carbocycles. The maximum absolute atomic E-state index is 5.63. The van der Waals surface area contributed by atoms with E-state index in [1.165, 1.54) is 0 Å². The van der Waals surface area contributed by atoms with Crippen LogP contribution < -0.4 is 11.5 Å². The van der Waals surface area contributed by atoms with Crippen molar-refractivity contribution >= 4 is 35.7 Å². The van der Waals surface area contributed by atoms with Crippen molar-refractivity contribution in [2.24, 2.45) is 4.99 Å². The van der Waals surface area contributed by atoms with E-state index < -0.39 is 0 Å². The SMILES string of the molecule is C=NC(=C)c1nc(Cl)c(N)nc1N. The van der Waals surface area contributed by atoms with Crippen LogP contribution in [-0.2, 0) is 0 Å².